The molecular weight excluding hydrogens is 342 g/mol. The quantitative estimate of drug-likeness (QED) is 0.474. The van der Waals surface area contributed by atoms with Crippen molar-refractivity contribution in [2.45, 2.75) is 23.8 Å². The van der Waals surface area contributed by atoms with Crippen molar-refractivity contribution in [3.63, 3.8) is 0 Å². The second kappa shape index (κ2) is 8.95. The van der Waals surface area contributed by atoms with Gasteiger partial charge in [0.05, 0.1) is 23.0 Å². The van der Waals surface area contributed by atoms with Crippen LogP contribution in [0.3, 0.4) is 0 Å². The number of ether oxygens (including phenoxy) is 1. The van der Waals surface area contributed by atoms with Crippen LogP contribution >= 0.6 is 24.2 Å². The molecule has 7 nitrogen and oxygen atoms in total. The monoisotopic (exact) mass is 361 g/mol. The highest BCUT2D eigenvalue weighted by Crippen LogP contribution is 2.34. The van der Waals surface area contributed by atoms with Crippen molar-refractivity contribution in [3.8, 4) is 5.75 Å². The number of hydrogen-bond donors (Lipinski definition) is 2. The molecule has 2 rings (SSSR count). The lowest BCUT2D eigenvalue weighted by molar-refractivity contribution is -0.385. The Morgan fingerprint density at radius 1 is 1.52 bits per heavy atom. The zero-order valence-corrected chi connectivity index (χ0v) is 14.6. The highest BCUT2D eigenvalue weighted by Gasteiger charge is 2.25. The summed E-state index contributed by atoms with van der Waals surface area (Å²) >= 11 is 1.38. The summed E-state index contributed by atoms with van der Waals surface area (Å²) in [6.07, 6.45) is 3.68. The standard InChI is InChI=1S/C14H19N3O4S.ClH/c1-21-12-7-11(17(19)20)10(6-13(12)22-2)14(18)16-9-4-3-5-15-8-9;/h6-7,9,15H,3-5,8H2,1-2H3,(H,16,18);1H. The summed E-state index contributed by atoms with van der Waals surface area (Å²) < 4.78 is 5.14. The van der Waals surface area contributed by atoms with Crippen LogP contribution in [0, 0.1) is 10.1 Å². The first kappa shape index (κ1) is 19.5. The second-order valence-corrected chi connectivity index (χ2v) is 5.85. The largest absolute Gasteiger partial charge is 0.495 e. The average Bonchev–Trinajstić information content (AvgIpc) is 2.54. The molecule has 0 aliphatic carbocycles. The Morgan fingerprint density at radius 3 is 2.78 bits per heavy atom. The van der Waals surface area contributed by atoms with Crippen LogP contribution < -0.4 is 15.4 Å². The van der Waals surface area contributed by atoms with E-state index in [4.69, 9.17) is 4.74 Å². The highest BCUT2D eigenvalue weighted by atomic mass is 35.5. The van der Waals surface area contributed by atoms with E-state index in [-0.39, 0.29) is 29.7 Å². The number of carbonyl (C=O) groups excluding carboxylic acids is 1. The summed E-state index contributed by atoms with van der Waals surface area (Å²) in [4.78, 5) is 23.8. The van der Waals surface area contributed by atoms with Crippen molar-refractivity contribution in [1.29, 1.82) is 0 Å². The van der Waals surface area contributed by atoms with Gasteiger partial charge in [-0.05, 0) is 31.7 Å². The van der Waals surface area contributed by atoms with E-state index in [9.17, 15) is 14.9 Å². The van der Waals surface area contributed by atoms with Gasteiger partial charge in [0.1, 0.15) is 11.3 Å². The molecule has 1 unspecified atom stereocenters. The van der Waals surface area contributed by atoms with E-state index in [0.717, 1.165) is 19.4 Å². The lowest BCUT2D eigenvalue weighted by Crippen LogP contribution is -2.45. The number of nitro groups is 1. The summed E-state index contributed by atoms with van der Waals surface area (Å²) in [5.74, 6) is -0.0200. The lowest BCUT2D eigenvalue weighted by Gasteiger charge is -2.23. The van der Waals surface area contributed by atoms with E-state index >= 15 is 0 Å². The van der Waals surface area contributed by atoms with Crippen molar-refractivity contribution in [2.75, 3.05) is 26.5 Å². The van der Waals surface area contributed by atoms with Gasteiger partial charge in [-0.3, -0.25) is 14.9 Å². The molecule has 1 saturated heterocycles. The van der Waals surface area contributed by atoms with Gasteiger partial charge >= 0.3 is 0 Å². The number of amides is 1. The third kappa shape index (κ3) is 4.73. The van der Waals surface area contributed by atoms with Gasteiger partial charge in [0.15, 0.2) is 0 Å². The van der Waals surface area contributed by atoms with Gasteiger partial charge < -0.3 is 15.4 Å². The molecule has 9 heteroatoms. The van der Waals surface area contributed by atoms with Gasteiger partial charge in [-0.15, -0.1) is 24.2 Å². The number of piperidine rings is 1. The second-order valence-electron chi connectivity index (χ2n) is 5.00. The van der Waals surface area contributed by atoms with Crippen molar-refractivity contribution in [2.24, 2.45) is 0 Å². The minimum atomic E-state index is -0.555. The molecule has 1 heterocycles. The Bertz CT molecular complexity index is 579. The Labute approximate surface area is 145 Å². The number of carbonyl (C=O) groups is 1. The average molecular weight is 362 g/mol. The fourth-order valence-corrected chi connectivity index (χ4v) is 3.02. The Balaban J connectivity index is 0.00000264. The number of nitro benzene ring substituents is 1. The molecule has 1 amide bonds. The number of nitrogens with one attached hydrogen (secondary N) is 2. The van der Waals surface area contributed by atoms with E-state index in [0.29, 0.717) is 17.2 Å². The van der Waals surface area contributed by atoms with Crippen molar-refractivity contribution < 1.29 is 14.5 Å². The molecule has 1 atom stereocenters. The lowest BCUT2D eigenvalue weighted by atomic mass is 10.1. The predicted octanol–water partition coefficient (Wildman–Crippen LogP) is 2.23. The molecule has 0 radical (unpaired) electrons. The number of methoxy groups -OCH3 is 1. The summed E-state index contributed by atoms with van der Waals surface area (Å²) in [7, 11) is 1.45. The number of nitrogens with zero attached hydrogens (tertiary/aromatic N) is 1. The van der Waals surface area contributed by atoms with E-state index in [1.807, 2.05) is 6.26 Å². The van der Waals surface area contributed by atoms with Gasteiger partial charge in [0.25, 0.3) is 11.6 Å². The minimum absolute atomic E-state index is 0. The molecule has 1 fully saturated rings. The van der Waals surface area contributed by atoms with Crippen LogP contribution in [0.15, 0.2) is 17.0 Å². The number of thioether (sulfide) groups is 1. The molecule has 0 aromatic heterocycles. The SMILES string of the molecule is COc1cc([N+](=O)[O-])c(C(=O)NC2CCCNC2)cc1SC.Cl. The molecule has 2 N–H and O–H groups in total. The smallest absolute Gasteiger partial charge is 0.285 e. The maximum atomic E-state index is 12.4. The first-order valence-electron chi connectivity index (χ1n) is 6.98. The Morgan fingerprint density at radius 2 is 2.26 bits per heavy atom. The van der Waals surface area contributed by atoms with Crippen LogP contribution in [0.4, 0.5) is 5.69 Å². The van der Waals surface area contributed by atoms with E-state index in [2.05, 4.69) is 10.6 Å². The van der Waals surface area contributed by atoms with Gasteiger partial charge in [-0.2, -0.15) is 0 Å². The first-order chi connectivity index (χ1) is 10.6. The topological polar surface area (TPSA) is 93.5 Å². The predicted molar refractivity (Wildman–Crippen MR) is 92.0 cm³/mol. The molecule has 0 saturated carbocycles. The normalized spacial score (nSPS) is 17.0. The van der Waals surface area contributed by atoms with Gasteiger partial charge in [-0.25, -0.2) is 0 Å². The summed E-state index contributed by atoms with van der Waals surface area (Å²) in [5, 5.41) is 17.3. The molecule has 0 bridgehead atoms. The maximum Gasteiger partial charge on any atom is 0.285 e. The number of benzene rings is 1. The van der Waals surface area contributed by atoms with Crippen molar-refractivity contribution >= 4 is 35.8 Å². The number of rotatable bonds is 5. The number of halogens is 1. The minimum Gasteiger partial charge on any atom is -0.495 e. The summed E-state index contributed by atoms with van der Waals surface area (Å²) in [5.41, 5.74) is -0.170. The number of hydrogen-bond acceptors (Lipinski definition) is 6. The maximum absolute atomic E-state index is 12.4. The molecule has 23 heavy (non-hydrogen) atoms. The van der Waals surface area contributed by atoms with E-state index in [1.54, 1.807) is 0 Å². The third-order valence-corrected chi connectivity index (χ3v) is 4.33. The molecule has 1 aromatic rings. The highest BCUT2D eigenvalue weighted by molar-refractivity contribution is 7.98. The first-order valence-corrected chi connectivity index (χ1v) is 8.21. The van der Waals surface area contributed by atoms with Crippen molar-refractivity contribution in [3.05, 3.63) is 27.8 Å². The van der Waals surface area contributed by atoms with Crippen LogP contribution in [0.25, 0.3) is 0 Å². The molecular formula is C14H20ClN3O4S. The van der Waals surface area contributed by atoms with Crippen LogP contribution in [0.2, 0.25) is 0 Å². The molecule has 1 aliphatic heterocycles. The van der Waals surface area contributed by atoms with Crippen LogP contribution in [-0.2, 0) is 0 Å². The Hall–Kier alpha value is -1.51. The third-order valence-electron chi connectivity index (χ3n) is 3.58. The zero-order valence-electron chi connectivity index (χ0n) is 13.0. The van der Waals surface area contributed by atoms with Gasteiger partial charge in [0.2, 0.25) is 0 Å². The van der Waals surface area contributed by atoms with Crippen molar-refractivity contribution in [1.82, 2.24) is 10.6 Å². The molecule has 128 valence electrons. The van der Waals surface area contributed by atoms with Crippen LogP contribution in [0.1, 0.15) is 23.2 Å². The Kier molecular flexibility index (Phi) is 7.60. The fraction of sp³-hybridized carbons (Fsp3) is 0.500. The van der Waals surface area contributed by atoms with Crippen LogP contribution in [0.5, 0.6) is 5.75 Å². The van der Waals surface area contributed by atoms with E-state index < -0.39 is 10.8 Å². The molecule has 1 aromatic carbocycles. The molecule has 1 aliphatic rings. The van der Waals surface area contributed by atoms with Gasteiger partial charge in [0, 0.05) is 12.6 Å². The summed E-state index contributed by atoms with van der Waals surface area (Å²) in [6.45, 7) is 1.62. The zero-order chi connectivity index (χ0) is 16.1. The van der Waals surface area contributed by atoms with Crippen LogP contribution in [-0.4, -0.2) is 43.3 Å². The van der Waals surface area contributed by atoms with E-state index in [1.165, 1.54) is 31.0 Å². The summed E-state index contributed by atoms with van der Waals surface area (Å²) in [6, 6.07) is 2.83. The molecule has 0 spiro atoms. The van der Waals surface area contributed by atoms with Gasteiger partial charge in [-0.1, -0.05) is 0 Å². The fourth-order valence-electron chi connectivity index (χ4n) is 2.44.